The van der Waals surface area contributed by atoms with Crippen molar-refractivity contribution in [2.24, 2.45) is 4.99 Å². The van der Waals surface area contributed by atoms with Crippen LogP contribution in [0.15, 0.2) is 4.99 Å². The third-order valence-corrected chi connectivity index (χ3v) is 5.75. The molecule has 0 radical (unpaired) electrons. The number of ether oxygens (including phenoxy) is 1. The fourth-order valence-corrected chi connectivity index (χ4v) is 4.46. The van der Waals surface area contributed by atoms with E-state index in [1.165, 1.54) is 12.2 Å². The molecule has 0 aromatic heterocycles. The van der Waals surface area contributed by atoms with E-state index in [4.69, 9.17) is 9.73 Å². The van der Waals surface area contributed by atoms with Gasteiger partial charge in [0.05, 0.1) is 0 Å². The van der Waals surface area contributed by atoms with E-state index in [1.54, 1.807) is 0 Å². The smallest absolute Gasteiger partial charge is 0.410 e. The number of hydrogen-bond donors (Lipinski definition) is 2. The number of aliphatic imine (C=N–C) groups is 1. The number of fused-ring (bicyclic) bond motifs is 2. The molecule has 2 aliphatic rings. The summed E-state index contributed by atoms with van der Waals surface area (Å²) in [5, 5.41) is 6.98. The fourth-order valence-electron chi connectivity index (χ4n) is 3.97. The summed E-state index contributed by atoms with van der Waals surface area (Å²) in [6.45, 7) is 9.61. The Labute approximate surface area is 169 Å². The lowest BCUT2D eigenvalue weighted by Gasteiger charge is -2.40. The highest BCUT2D eigenvalue weighted by Gasteiger charge is 2.45. The number of carbonyl (C=O) groups excluding carboxylic acids is 1. The van der Waals surface area contributed by atoms with E-state index < -0.39 is 5.60 Å². The van der Waals surface area contributed by atoms with Crippen molar-refractivity contribution >= 4 is 23.8 Å². The Morgan fingerprint density at radius 2 is 1.89 bits per heavy atom. The second-order valence-electron chi connectivity index (χ2n) is 8.55. The van der Waals surface area contributed by atoms with Crippen LogP contribution in [0.2, 0.25) is 0 Å². The van der Waals surface area contributed by atoms with Crippen LogP contribution in [0.25, 0.3) is 0 Å². The Morgan fingerprint density at radius 1 is 1.22 bits per heavy atom. The zero-order valence-electron chi connectivity index (χ0n) is 17.7. The van der Waals surface area contributed by atoms with Crippen molar-refractivity contribution in [1.29, 1.82) is 0 Å². The molecule has 2 N–H and O–H groups in total. The Kier molecular flexibility index (Phi) is 8.58. The van der Waals surface area contributed by atoms with Crippen molar-refractivity contribution in [1.82, 2.24) is 15.5 Å². The average Bonchev–Trinajstić information content (AvgIpc) is 2.85. The quantitative estimate of drug-likeness (QED) is 0.390. The molecule has 27 heavy (non-hydrogen) atoms. The standard InChI is InChI=1S/C20H38N4O2S/c1-6-21-18(22-11-7-8-12-27-5)23-15-13-16-9-10-17(14-15)24(16)19(25)26-20(2,3)4/h15-17H,6-14H2,1-5H3,(H2,21,22,23). The van der Waals surface area contributed by atoms with Gasteiger partial charge in [0.2, 0.25) is 0 Å². The van der Waals surface area contributed by atoms with Crippen molar-refractivity contribution < 1.29 is 9.53 Å². The minimum atomic E-state index is -0.438. The average molecular weight is 399 g/mol. The number of guanidine groups is 1. The Hall–Kier alpha value is -1.11. The normalized spacial score (nSPS) is 25.4. The summed E-state index contributed by atoms with van der Waals surface area (Å²) < 4.78 is 5.63. The van der Waals surface area contributed by atoms with Crippen molar-refractivity contribution in [3.05, 3.63) is 0 Å². The van der Waals surface area contributed by atoms with Crippen LogP contribution in [0.1, 0.15) is 66.2 Å². The summed E-state index contributed by atoms with van der Waals surface area (Å²) in [6, 6.07) is 0.922. The first-order chi connectivity index (χ1) is 12.8. The van der Waals surface area contributed by atoms with E-state index in [0.29, 0.717) is 6.04 Å². The third kappa shape index (κ3) is 7.09. The predicted molar refractivity (Wildman–Crippen MR) is 115 cm³/mol. The molecule has 2 bridgehead atoms. The van der Waals surface area contributed by atoms with Crippen molar-refractivity contribution in [2.45, 2.75) is 89.9 Å². The monoisotopic (exact) mass is 398 g/mol. The first-order valence-corrected chi connectivity index (χ1v) is 11.8. The Morgan fingerprint density at radius 3 is 2.44 bits per heavy atom. The zero-order valence-corrected chi connectivity index (χ0v) is 18.5. The van der Waals surface area contributed by atoms with Crippen LogP contribution in [0.4, 0.5) is 4.79 Å². The predicted octanol–water partition coefficient (Wildman–Crippen LogP) is 3.62. The minimum Gasteiger partial charge on any atom is -0.444 e. The lowest BCUT2D eigenvalue weighted by atomic mass is 9.98. The number of amides is 1. The maximum Gasteiger partial charge on any atom is 0.410 e. The molecule has 0 aliphatic carbocycles. The van der Waals surface area contributed by atoms with Gasteiger partial charge < -0.3 is 20.3 Å². The van der Waals surface area contributed by atoms with E-state index in [1.807, 2.05) is 37.4 Å². The maximum absolute atomic E-state index is 12.6. The number of carbonyl (C=O) groups is 1. The highest BCUT2D eigenvalue weighted by atomic mass is 32.2. The SMILES string of the molecule is CCNC(=NCCCCSC)NC1CC2CCC(C1)N2C(=O)OC(C)(C)C. The third-order valence-electron chi connectivity index (χ3n) is 5.05. The number of piperidine rings is 1. The van der Waals surface area contributed by atoms with E-state index in [0.717, 1.165) is 51.2 Å². The second-order valence-corrected chi connectivity index (χ2v) is 9.53. The summed E-state index contributed by atoms with van der Waals surface area (Å²) in [7, 11) is 0. The van der Waals surface area contributed by atoms with Gasteiger partial charge in [-0.05, 0) is 78.2 Å². The number of hydrogen-bond acceptors (Lipinski definition) is 4. The van der Waals surface area contributed by atoms with Crippen LogP contribution in [0.5, 0.6) is 0 Å². The first-order valence-electron chi connectivity index (χ1n) is 10.4. The molecular formula is C20H38N4O2S. The number of nitrogens with one attached hydrogen (secondary N) is 2. The molecule has 0 spiro atoms. The molecule has 2 heterocycles. The summed E-state index contributed by atoms with van der Waals surface area (Å²) in [4.78, 5) is 19.3. The van der Waals surface area contributed by atoms with Gasteiger partial charge in [0.1, 0.15) is 5.60 Å². The van der Waals surface area contributed by atoms with Crippen molar-refractivity contribution in [3.63, 3.8) is 0 Å². The van der Waals surface area contributed by atoms with Gasteiger partial charge in [0.15, 0.2) is 5.96 Å². The molecule has 156 valence electrons. The number of rotatable bonds is 7. The molecule has 0 saturated carbocycles. The van der Waals surface area contributed by atoms with E-state index in [2.05, 4.69) is 23.8 Å². The zero-order chi connectivity index (χ0) is 19.9. The summed E-state index contributed by atoms with van der Waals surface area (Å²) >= 11 is 1.89. The lowest BCUT2D eigenvalue weighted by molar-refractivity contribution is 0.00545. The van der Waals surface area contributed by atoms with Gasteiger partial charge in [-0.25, -0.2) is 4.79 Å². The van der Waals surface area contributed by atoms with Crippen LogP contribution >= 0.6 is 11.8 Å². The van der Waals surface area contributed by atoms with Gasteiger partial charge in [0, 0.05) is 31.2 Å². The molecule has 2 rings (SSSR count). The number of unbranched alkanes of at least 4 members (excludes halogenated alkanes) is 1. The summed E-state index contributed by atoms with van der Waals surface area (Å²) in [5.74, 6) is 2.11. The fraction of sp³-hybridized carbons (Fsp3) is 0.900. The molecule has 0 aromatic carbocycles. The summed E-state index contributed by atoms with van der Waals surface area (Å²) in [5.41, 5.74) is -0.438. The molecule has 7 heteroatoms. The van der Waals surface area contributed by atoms with Gasteiger partial charge in [-0.15, -0.1) is 0 Å². The van der Waals surface area contributed by atoms with Crippen LogP contribution in [-0.4, -0.2) is 65.8 Å². The van der Waals surface area contributed by atoms with E-state index in [-0.39, 0.29) is 18.2 Å². The van der Waals surface area contributed by atoms with Crippen molar-refractivity contribution in [2.75, 3.05) is 25.1 Å². The summed E-state index contributed by atoms with van der Waals surface area (Å²) in [6.07, 6.45) is 8.41. The van der Waals surface area contributed by atoms with Crippen LogP contribution in [-0.2, 0) is 4.74 Å². The molecule has 2 atom stereocenters. The molecule has 6 nitrogen and oxygen atoms in total. The first kappa shape index (κ1) is 22.2. The highest BCUT2D eigenvalue weighted by molar-refractivity contribution is 7.98. The largest absolute Gasteiger partial charge is 0.444 e. The number of thioether (sulfide) groups is 1. The molecule has 0 aromatic rings. The van der Waals surface area contributed by atoms with Crippen LogP contribution < -0.4 is 10.6 Å². The van der Waals surface area contributed by atoms with Gasteiger partial charge in [-0.2, -0.15) is 11.8 Å². The highest BCUT2D eigenvalue weighted by Crippen LogP contribution is 2.36. The van der Waals surface area contributed by atoms with Crippen LogP contribution in [0.3, 0.4) is 0 Å². The van der Waals surface area contributed by atoms with E-state index >= 15 is 0 Å². The molecular weight excluding hydrogens is 360 g/mol. The van der Waals surface area contributed by atoms with Gasteiger partial charge in [-0.1, -0.05) is 0 Å². The van der Waals surface area contributed by atoms with Gasteiger partial charge >= 0.3 is 6.09 Å². The molecule has 2 saturated heterocycles. The molecule has 2 fully saturated rings. The Bertz CT molecular complexity index is 493. The minimum absolute atomic E-state index is 0.150. The molecule has 2 aliphatic heterocycles. The topological polar surface area (TPSA) is 66.0 Å². The van der Waals surface area contributed by atoms with Crippen molar-refractivity contribution in [3.8, 4) is 0 Å². The molecule has 2 unspecified atom stereocenters. The van der Waals surface area contributed by atoms with Gasteiger partial charge in [-0.3, -0.25) is 4.99 Å². The Balaban J connectivity index is 1.88. The number of nitrogens with zero attached hydrogens (tertiary/aromatic N) is 2. The van der Waals surface area contributed by atoms with Gasteiger partial charge in [0.25, 0.3) is 0 Å². The molecule has 1 amide bonds. The lowest BCUT2D eigenvalue weighted by Crippen LogP contribution is -2.55. The van der Waals surface area contributed by atoms with Crippen LogP contribution in [0, 0.1) is 0 Å². The maximum atomic E-state index is 12.6. The van der Waals surface area contributed by atoms with E-state index in [9.17, 15) is 4.79 Å². The second kappa shape index (κ2) is 10.4.